The molecular weight excluding hydrogens is 284 g/mol. The van der Waals surface area contributed by atoms with Crippen LogP contribution in [0.15, 0.2) is 22.7 Å². The molecule has 5 heteroatoms. The van der Waals surface area contributed by atoms with Crippen LogP contribution in [0.3, 0.4) is 0 Å². The van der Waals surface area contributed by atoms with E-state index in [1.54, 1.807) is 0 Å². The minimum atomic E-state index is -1.07. The molecule has 1 aromatic heterocycles. The van der Waals surface area contributed by atoms with Crippen LogP contribution in [0.1, 0.15) is 35.1 Å². The van der Waals surface area contributed by atoms with E-state index in [0.29, 0.717) is 11.4 Å². The molecule has 2 aromatic rings. The SMILES string of the molecule is O=C(O)c1nc(C2CC2)c2cc(Br)ccc2n1. The van der Waals surface area contributed by atoms with Gasteiger partial charge in [-0.05, 0) is 31.0 Å². The first-order valence-electron chi connectivity index (χ1n) is 5.35. The molecule has 0 bridgehead atoms. The summed E-state index contributed by atoms with van der Waals surface area (Å²) in [6.07, 6.45) is 2.16. The zero-order chi connectivity index (χ0) is 12.0. The van der Waals surface area contributed by atoms with Gasteiger partial charge in [-0.2, -0.15) is 0 Å². The van der Waals surface area contributed by atoms with E-state index in [0.717, 1.165) is 28.4 Å². The van der Waals surface area contributed by atoms with Crippen LogP contribution in [0.2, 0.25) is 0 Å². The molecule has 1 aromatic carbocycles. The molecule has 1 aliphatic rings. The van der Waals surface area contributed by atoms with Crippen molar-refractivity contribution >= 4 is 32.8 Å². The first-order chi connectivity index (χ1) is 8.15. The van der Waals surface area contributed by atoms with Crippen molar-refractivity contribution in [1.29, 1.82) is 0 Å². The van der Waals surface area contributed by atoms with Crippen LogP contribution >= 0.6 is 15.9 Å². The van der Waals surface area contributed by atoms with Crippen LogP contribution < -0.4 is 0 Å². The molecule has 0 amide bonds. The van der Waals surface area contributed by atoms with Crippen LogP contribution in [0.5, 0.6) is 0 Å². The van der Waals surface area contributed by atoms with Gasteiger partial charge in [0.15, 0.2) is 0 Å². The Morgan fingerprint density at radius 3 is 2.76 bits per heavy atom. The average Bonchev–Trinajstić information content (AvgIpc) is 3.11. The number of aromatic nitrogens is 2. The Balaban J connectivity index is 2.31. The van der Waals surface area contributed by atoms with Gasteiger partial charge in [0.2, 0.25) is 5.82 Å². The molecule has 1 aliphatic carbocycles. The summed E-state index contributed by atoms with van der Waals surface area (Å²) in [5.74, 6) is -0.786. The van der Waals surface area contributed by atoms with Crippen molar-refractivity contribution in [2.75, 3.05) is 0 Å². The van der Waals surface area contributed by atoms with E-state index in [1.165, 1.54) is 0 Å². The Bertz CT molecular complexity index is 623. The highest BCUT2D eigenvalue weighted by molar-refractivity contribution is 9.10. The lowest BCUT2D eigenvalue weighted by Crippen LogP contribution is -2.07. The fourth-order valence-corrected chi connectivity index (χ4v) is 2.25. The molecular formula is C12H9BrN2O2. The Morgan fingerprint density at radius 1 is 1.35 bits per heavy atom. The van der Waals surface area contributed by atoms with E-state index in [9.17, 15) is 4.79 Å². The van der Waals surface area contributed by atoms with Crippen molar-refractivity contribution < 1.29 is 9.90 Å². The van der Waals surface area contributed by atoms with Crippen molar-refractivity contribution in [3.63, 3.8) is 0 Å². The number of carboxylic acid groups (broad SMARTS) is 1. The molecule has 0 atom stereocenters. The largest absolute Gasteiger partial charge is 0.475 e. The van der Waals surface area contributed by atoms with Crippen molar-refractivity contribution in [3.8, 4) is 0 Å². The fourth-order valence-electron chi connectivity index (χ4n) is 1.89. The summed E-state index contributed by atoms with van der Waals surface area (Å²) in [5.41, 5.74) is 1.57. The van der Waals surface area contributed by atoms with Gasteiger partial charge in [-0.25, -0.2) is 14.8 Å². The van der Waals surface area contributed by atoms with Crippen LogP contribution in [0, 0.1) is 0 Å². The van der Waals surface area contributed by atoms with Crippen LogP contribution in [-0.4, -0.2) is 21.0 Å². The Morgan fingerprint density at radius 2 is 2.12 bits per heavy atom. The molecule has 1 N–H and O–H groups in total. The quantitative estimate of drug-likeness (QED) is 0.924. The van der Waals surface area contributed by atoms with Crippen LogP contribution in [0.4, 0.5) is 0 Å². The highest BCUT2D eigenvalue weighted by atomic mass is 79.9. The lowest BCUT2D eigenvalue weighted by Gasteiger charge is -2.06. The van der Waals surface area contributed by atoms with Crippen LogP contribution in [-0.2, 0) is 0 Å². The highest BCUT2D eigenvalue weighted by Crippen LogP contribution is 2.42. The number of aromatic carboxylic acids is 1. The van der Waals surface area contributed by atoms with E-state index in [4.69, 9.17) is 5.11 Å². The molecule has 1 heterocycles. The van der Waals surface area contributed by atoms with Crippen molar-refractivity contribution in [2.45, 2.75) is 18.8 Å². The van der Waals surface area contributed by atoms with Gasteiger partial charge >= 0.3 is 5.97 Å². The summed E-state index contributed by atoms with van der Waals surface area (Å²) < 4.78 is 0.957. The molecule has 1 saturated carbocycles. The lowest BCUT2D eigenvalue weighted by atomic mass is 10.1. The van der Waals surface area contributed by atoms with Crippen LogP contribution in [0.25, 0.3) is 10.9 Å². The molecule has 86 valence electrons. The lowest BCUT2D eigenvalue weighted by molar-refractivity contribution is 0.0683. The number of carbonyl (C=O) groups is 1. The maximum Gasteiger partial charge on any atom is 0.373 e. The first-order valence-corrected chi connectivity index (χ1v) is 6.15. The molecule has 0 spiro atoms. The number of halogens is 1. The van der Waals surface area contributed by atoms with E-state index in [1.807, 2.05) is 18.2 Å². The number of hydrogen-bond acceptors (Lipinski definition) is 3. The second-order valence-corrected chi connectivity index (χ2v) is 5.09. The summed E-state index contributed by atoms with van der Waals surface area (Å²) in [4.78, 5) is 19.2. The third kappa shape index (κ3) is 1.91. The van der Waals surface area contributed by atoms with Gasteiger partial charge in [0.1, 0.15) is 0 Å². The Labute approximate surface area is 106 Å². The number of benzene rings is 1. The normalized spacial score (nSPS) is 15.1. The number of rotatable bonds is 2. The van der Waals surface area contributed by atoms with Gasteiger partial charge in [0.05, 0.1) is 11.2 Å². The number of hydrogen-bond donors (Lipinski definition) is 1. The minimum absolute atomic E-state index is 0.110. The van der Waals surface area contributed by atoms with Crippen molar-refractivity contribution in [1.82, 2.24) is 9.97 Å². The molecule has 3 rings (SSSR count). The molecule has 0 aliphatic heterocycles. The monoisotopic (exact) mass is 292 g/mol. The summed E-state index contributed by atoms with van der Waals surface area (Å²) >= 11 is 3.41. The van der Waals surface area contributed by atoms with Gasteiger partial charge in [-0.3, -0.25) is 0 Å². The summed E-state index contributed by atoms with van der Waals surface area (Å²) in [7, 11) is 0. The second-order valence-electron chi connectivity index (χ2n) is 4.17. The molecule has 0 unspecified atom stereocenters. The van der Waals surface area contributed by atoms with Gasteiger partial charge in [0.25, 0.3) is 0 Å². The number of fused-ring (bicyclic) bond motifs is 1. The van der Waals surface area contributed by atoms with Gasteiger partial charge in [0, 0.05) is 15.8 Å². The predicted molar refractivity (Wildman–Crippen MR) is 66.2 cm³/mol. The molecule has 0 radical (unpaired) electrons. The van der Waals surface area contributed by atoms with E-state index in [2.05, 4.69) is 25.9 Å². The number of nitrogens with zero attached hydrogens (tertiary/aromatic N) is 2. The van der Waals surface area contributed by atoms with E-state index in [-0.39, 0.29) is 5.82 Å². The Kier molecular flexibility index (Phi) is 2.36. The third-order valence-corrected chi connectivity index (χ3v) is 3.34. The fraction of sp³-hybridized carbons (Fsp3) is 0.250. The third-order valence-electron chi connectivity index (χ3n) is 2.84. The second kappa shape index (κ2) is 3.77. The zero-order valence-electron chi connectivity index (χ0n) is 8.85. The molecule has 1 fully saturated rings. The average molecular weight is 293 g/mol. The zero-order valence-corrected chi connectivity index (χ0v) is 10.4. The van der Waals surface area contributed by atoms with Crippen molar-refractivity contribution in [3.05, 3.63) is 34.2 Å². The van der Waals surface area contributed by atoms with E-state index < -0.39 is 5.97 Å². The van der Waals surface area contributed by atoms with Gasteiger partial charge in [-0.1, -0.05) is 15.9 Å². The van der Waals surface area contributed by atoms with Gasteiger partial charge in [-0.15, -0.1) is 0 Å². The highest BCUT2D eigenvalue weighted by Gasteiger charge is 2.28. The summed E-state index contributed by atoms with van der Waals surface area (Å²) in [6.45, 7) is 0. The first kappa shape index (κ1) is 10.7. The van der Waals surface area contributed by atoms with Gasteiger partial charge < -0.3 is 5.11 Å². The standard InChI is InChI=1S/C12H9BrN2O2/c13-7-3-4-9-8(5-7)10(6-1-2-6)15-11(14-9)12(16)17/h3-6H,1-2H2,(H,16,17). The molecule has 17 heavy (non-hydrogen) atoms. The van der Waals surface area contributed by atoms with Crippen molar-refractivity contribution in [2.24, 2.45) is 0 Å². The summed E-state index contributed by atoms with van der Waals surface area (Å²) in [5, 5.41) is 9.94. The predicted octanol–water partition coefficient (Wildman–Crippen LogP) is 2.97. The Hall–Kier alpha value is -1.49. The van der Waals surface area contributed by atoms with E-state index >= 15 is 0 Å². The maximum absolute atomic E-state index is 11.0. The smallest absolute Gasteiger partial charge is 0.373 e. The number of carboxylic acids is 1. The summed E-state index contributed by atoms with van der Waals surface area (Å²) in [6, 6.07) is 5.63. The minimum Gasteiger partial charge on any atom is -0.475 e. The topological polar surface area (TPSA) is 63.1 Å². The molecule has 4 nitrogen and oxygen atoms in total. The molecule has 0 saturated heterocycles. The maximum atomic E-state index is 11.0.